The van der Waals surface area contributed by atoms with Crippen LogP contribution < -0.4 is 4.74 Å². The largest absolute Gasteiger partial charge is 0.471 e. The van der Waals surface area contributed by atoms with Crippen LogP contribution >= 0.6 is 23.2 Å². The molecule has 1 amide bonds. The van der Waals surface area contributed by atoms with E-state index >= 15 is 0 Å². The monoisotopic (exact) mass is 520 g/mol. The normalized spacial score (nSPS) is 14.1. The van der Waals surface area contributed by atoms with E-state index < -0.39 is 0 Å². The van der Waals surface area contributed by atoms with E-state index in [0.717, 1.165) is 35.5 Å². The highest BCUT2D eigenvalue weighted by Crippen LogP contribution is 2.26. The van der Waals surface area contributed by atoms with E-state index in [1.165, 1.54) is 0 Å². The van der Waals surface area contributed by atoms with Gasteiger partial charge in [-0.25, -0.2) is 4.68 Å². The van der Waals surface area contributed by atoms with Gasteiger partial charge in [-0.05, 0) is 41.5 Å². The molecule has 0 N–H and O–H groups in total. The summed E-state index contributed by atoms with van der Waals surface area (Å²) in [7, 11) is 0. The minimum Gasteiger partial charge on any atom is -0.471 e. The highest BCUT2D eigenvalue weighted by Gasteiger charge is 2.24. The fourth-order valence-electron chi connectivity index (χ4n) is 4.24. The number of benzene rings is 3. The van der Waals surface area contributed by atoms with E-state index in [9.17, 15) is 4.79 Å². The Bertz CT molecular complexity index is 1300. The van der Waals surface area contributed by atoms with Crippen LogP contribution in [-0.2, 0) is 13.3 Å². The van der Waals surface area contributed by atoms with Crippen molar-refractivity contribution in [2.24, 2.45) is 0 Å². The van der Waals surface area contributed by atoms with Crippen LogP contribution in [0.5, 0.6) is 5.75 Å². The third-order valence-electron chi connectivity index (χ3n) is 6.29. The number of aromatic nitrogens is 2. The van der Waals surface area contributed by atoms with Gasteiger partial charge in [0, 0.05) is 54.5 Å². The van der Waals surface area contributed by atoms with Gasteiger partial charge in [-0.3, -0.25) is 9.69 Å². The standard InChI is InChI=1S/C28H26Cl2N4O2/c29-25-7-4-8-26(30)24(25)19-32-15-17-33(18-16-32)28(35)27-13-14-34(31-27)20-36-23-11-9-22(10-12-23)21-5-2-1-3-6-21/h1-14H,15-20H2. The molecule has 1 aliphatic heterocycles. The van der Waals surface area contributed by atoms with E-state index in [2.05, 4.69) is 22.1 Å². The van der Waals surface area contributed by atoms with Crippen molar-refractivity contribution in [3.63, 3.8) is 0 Å². The molecule has 0 bridgehead atoms. The Labute approximate surface area is 220 Å². The SMILES string of the molecule is O=C(c1ccn(COc2ccc(-c3ccccc3)cc2)n1)N1CCN(Cc2c(Cl)cccc2Cl)CC1. The van der Waals surface area contributed by atoms with Crippen molar-refractivity contribution < 1.29 is 9.53 Å². The highest BCUT2D eigenvalue weighted by molar-refractivity contribution is 6.35. The molecule has 1 saturated heterocycles. The molecular formula is C28H26Cl2N4O2. The summed E-state index contributed by atoms with van der Waals surface area (Å²) in [6, 6.07) is 25.4. The molecule has 0 aliphatic carbocycles. The minimum absolute atomic E-state index is 0.0728. The highest BCUT2D eigenvalue weighted by atomic mass is 35.5. The van der Waals surface area contributed by atoms with Crippen LogP contribution in [0.4, 0.5) is 0 Å². The average molecular weight is 521 g/mol. The van der Waals surface area contributed by atoms with E-state index in [1.807, 2.05) is 65.6 Å². The first-order valence-electron chi connectivity index (χ1n) is 11.8. The maximum atomic E-state index is 13.0. The van der Waals surface area contributed by atoms with Crippen molar-refractivity contribution in [3.05, 3.63) is 106 Å². The number of amides is 1. The number of nitrogens with zero attached hydrogens (tertiary/aromatic N) is 4. The lowest BCUT2D eigenvalue weighted by Crippen LogP contribution is -2.48. The van der Waals surface area contributed by atoms with Gasteiger partial charge in [0.05, 0.1) is 0 Å². The number of halogens is 2. The summed E-state index contributed by atoms with van der Waals surface area (Å²) in [6.07, 6.45) is 1.77. The molecule has 1 aromatic heterocycles. The summed E-state index contributed by atoms with van der Waals surface area (Å²) in [6.45, 7) is 3.63. The van der Waals surface area contributed by atoms with Gasteiger partial charge in [0.2, 0.25) is 0 Å². The Hall–Kier alpha value is -3.32. The first-order valence-corrected chi connectivity index (χ1v) is 12.6. The Balaban J connectivity index is 1.12. The Morgan fingerprint density at radius 2 is 1.47 bits per heavy atom. The van der Waals surface area contributed by atoms with Gasteiger partial charge in [-0.15, -0.1) is 0 Å². The molecule has 0 unspecified atom stereocenters. The van der Waals surface area contributed by atoms with Gasteiger partial charge in [-0.2, -0.15) is 5.10 Å². The number of ether oxygens (including phenoxy) is 1. The molecule has 184 valence electrons. The molecule has 0 radical (unpaired) electrons. The summed E-state index contributed by atoms with van der Waals surface area (Å²) < 4.78 is 7.49. The van der Waals surface area contributed by atoms with Crippen LogP contribution in [0.25, 0.3) is 11.1 Å². The molecule has 3 aromatic carbocycles. The summed E-state index contributed by atoms with van der Waals surface area (Å²) in [5.74, 6) is 0.671. The Kier molecular flexibility index (Phi) is 7.56. The lowest BCUT2D eigenvalue weighted by Gasteiger charge is -2.34. The number of piperazine rings is 1. The van der Waals surface area contributed by atoms with Crippen LogP contribution in [0.3, 0.4) is 0 Å². The summed E-state index contributed by atoms with van der Waals surface area (Å²) >= 11 is 12.6. The van der Waals surface area contributed by atoms with Gasteiger partial charge < -0.3 is 9.64 Å². The fourth-order valence-corrected chi connectivity index (χ4v) is 4.76. The fraction of sp³-hybridized carbons (Fsp3) is 0.214. The molecule has 0 saturated carbocycles. The Morgan fingerprint density at radius 1 is 0.806 bits per heavy atom. The minimum atomic E-state index is -0.0728. The molecule has 1 fully saturated rings. The van der Waals surface area contributed by atoms with Gasteiger partial charge in [0.15, 0.2) is 12.4 Å². The maximum absolute atomic E-state index is 13.0. The number of carbonyl (C=O) groups excluding carboxylic acids is 1. The lowest BCUT2D eigenvalue weighted by atomic mass is 10.1. The van der Waals surface area contributed by atoms with Crippen LogP contribution in [0, 0.1) is 0 Å². The first kappa shape index (κ1) is 24.4. The van der Waals surface area contributed by atoms with Crippen molar-refractivity contribution >= 4 is 29.1 Å². The van der Waals surface area contributed by atoms with Crippen LogP contribution in [0.2, 0.25) is 10.0 Å². The second kappa shape index (κ2) is 11.2. The van der Waals surface area contributed by atoms with Crippen molar-refractivity contribution in [1.29, 1.82) is 0 Å². The number of carbonyl (C=O) groups is 1. The summed E-state index contributed by atoms with van der Waals surface area (Å²) in [4.78, 5) is 17.1. The van der Waals surface area contributed by atoms with Gasteiger partial charge in [0.1, 0.15) is 5.75 Å². The van der Waals surface area contributed by atoms with E-state index in [1.54, 1.807) is 16.9 Å². The topological polar surface area (TPSA) is 50.6 Å². The zero-order valence-electron chi connectivity index (χ0n) is 19.7. The second-order valence-electron chi connectivity index (χ2n) is 8.67. The molecule has 1 aliphatic rings. The molecule has 6 nitrogen and oxygen atoms in total. The number of rotatable bonds is 7. The molecule has 2 heterocycles. The van der Waals surface area contributed by atoms with Crippen LogP contribution in [0.1, 0.15) is 16.1 Å². The van der Waals surface area contributed by atoms with Gasteiger partial charge in [-0.1, -0.05) is 71.7 Å². The van der Waals surface area contributed by atoms with Crippen LogP contribution in [0.15, 0.2) is 85.1 Å². The van der Waals surface area contributed by atoms with E-state index in [-0.39, 0.29) is 12.6 Å². The molecular weight excluding hydrogens is 495 g/mol. The van der Waals surface area contributed by atoms with E-state index in [0.29, 0.717) is 35.4 Å². The smallest absolute Gasteiger partial charge is 0.274 e. The number of hydrogen-bond acceptors (Lipinski definition) is 4. The predicted octanol–water partition coefficient (Wildman–Crippen LogP) is 5.85. The first-order chi connectivity index (χ1) is 17.6. The maximum Gasteiger partial charge on any atom is 0.274 e. The van der Waals surface area contributed by atoms with E-state index in [4.69, 9.17) is 27.9 Å². The number of hydrogen-bond donors (Lipinski definition) is 0. The lowest BCUT2D eigenvalue weighted by molar-refractivity contribution is 0.0621. The van der Waals surface area contributed by atoms with Gasteiger partial charge >= 0.3 is 0 Å². The third-order valence-corrected chi connectivity index (χ3v) is 7.00. The average Bonchev–Trinajstić information content (AvgIpc) is 3.40. The van der Waals surface area contributed by atoms with Crippen LogP contribution in [-0.4, -0.2) is 51.7 Å². The Morgan fingerprint density at radius 3 is 2.17 bits per heavy atom. The summed E-state index contributed by atoms with van der Waals surface area (Å²) in [5.41, 5.74) is 3.63. The second-order valence-corrected chi connectivity index (χ2v) is 9.49. The quantitative estimate of drug-likeness (QED) is 0.306. The molecule has 4 aromatic rings. The molecule has 36 heavy (non-hydrogen) atoms. The molecule has 0 spiro atoms. The van der Waals surface area contributed by atoms with Crippen molar-refractivity contribution in [1.82, 2.24) is 19.6 Å². The molecule has 5 rings (SSSR count). The third kappa shape index (κ3) is 5.73. The molecule has 8 heteroatoms. The summed E-state index contributed by atoms with van der Waals surface area (Å²) in [5, 5.41) is 5.76. The zero-order chi connectivity index (χ0) is 24.9. The molecule has 0 atom stereocenters. The zero-order valence-corrected chi connectivity index (χ0v) is 21.2. The van der Waals surface area contributed by atoms with Crippen molar-refractivity contribution in [2.75, 3.05) is 26.2 Å². The van der Waals surface area contributed by atoms with Crippen molar-refractivity contribution in [3.8, 4) is 16.9 Å². The van der Waals surface area contributed by atoms with Crippen molar-refractivity contribution in [2.45, 2.75) is 13.3 Å². The predicted molar refractivity (Wildman–Crippen MR) is 142 cm³/mol. The van der Waals surface area contributed by atoms with Gasteiger partial charge in [0.25, 0.3) is 5.91 Å².